The molecule has 0 heterocycles. The molecule has 0 spiro atoms. The van der Waals surface area contributed by atoms with E-state index in [9.17, 15) is 14.4 Å². The van der Waals surface area contributed by atoms with Gasteiger partial charge in [0.1, 0.15) is 6.04 Å². The van der Waals surface area contributed by atoms with Crippen LogP contribution in [0, 0.1) is 0 Å². The number of carbonyl (C=O) groups is 3. The van der Waals surface area contributed by atoms with Crippen molar-refractivity contribution in [3.8, 4) is 0 Å². The van der Waals surface area contributed by atoms with Gasteiger partial charge < -0.3 is 20.8 Å². The molecule has 0 saturated heterocycles. The fourth-order valence-electron chi connectivity index (χ4n) is 1.12. The minimum absolute atomic E-state index is 0.0135. The second kappa shape index (κ2) is 6.95. The van der Waals surface area contributed by atoms with Crippen LogP contribution in [0.25, 0.3) is 0 Å². The van der Waals surface area contributed by atoms with Crippen LogP contribution < -0.4 is 10.6 Å². The highest BCUT2D eigenvalue weighted by Gasteiger charge is 2.21. The van der Waals surface area contributed by atoms with Gasteiger partial charge in [0.2, 0.25) is 5.91 Å². The summed E-state index contributed by atoms with van der Waals surface area (Å²) in [4.78, 5) is 32.6. The SMILES string of the molecule is CC(C)(C)NCC(=O)N[C@@H](CCC(=O)O)C(=O)O. The van der Waals surface area contributed by atoms with Crippen LogP contribution in [0.4, 0.5) is 0 Å². The maximum atomic E-state index is 11.5. The Morgan fingerprint density at radius 1 is 1.17 bits per heavy atom. The molecule has 0 aliphatic carbocycles. The minimum Gasteiger partial charge on any atom is -0.481 e. The molecule has 0 bridgehead atoms. The number of amides is 1. The summed E-state index contributed by atoms with van der Waals surface area (Å²) in [7, 11) is 0. The highest BCUT2D eigenvalue weighted by Crippen LogP contribution is 1.99. The lowest BCUT2D eigenvalue weighted by atomic mass is 10.1. The summed E-state index contributed by atoms with van der Waals surface area (Å²) in [5.41, 5.74) is -0.253. The summed E-state index contributed by atoms with van der Waals surface area (Å²) in [6.07, 6.45) is -0.435. The first-order chi connectivity index (χ1) is 8.11. The first-order valence-electron chi connectivity index (χ1n) is 5.61. The molecular weight excluding hydrogens is 240 g/mol. The molecule has 0 aromatic rings. The lowest BCUT2D eigenvalue weighted by Gasteiger charge is -2.21. The van der Waals surface area contributed by atoms with Crippen molar-refractivity contribution in [2.75, 3.05) is 6.54 Å². The van der Waals surface area contributed by atoms with Crippen LogP contribution in [0.3, 0.4) is 0 Å². The number of hydrogen-bond acceptors (Lipinski definition) is 4. The number of carbonyl (C=O) groups excluding carboxylic acids is 1. The molecule has 0 aliphatic heterocycles. The van der Waals surface area contributed by atoms with Crippen molar-refractivity contribution in [2.24, 2.45) is 0 Å². The van der Waals surface area contributed by atoms with Crippen LogP contribution in [-0.2, 0) is 14.4 Å². The smallest absolute Gasteiger partial charge is 0.326 e. The normalized spacial score (nSPS) is 12.8. The molecular formula is C11H20N2O5. The van der Waals surface area contributed by atoms with Gasteiger partial charge in [0.05, 0.1) is 6.54 Å². The predicted molar refractivity (Wildman–Crippen MR) is 64.2 cm³/mol. The summed E-state index contributed by atoms with van der Waals surface area (Å²) < 4.78 is 0. The summed E-state index contributed by atoms with van der Waals surface area (Å²) in [6, 6.07) is -1.17. The second-order valence-electron chi connectivity index (χ2n) is 4.99. The van der Waals surface area contributed by atoms with Crippen molar-refractivity contribution < 1.29 is 24.6 Å². The van der Waals surface area contributed by atoms with Gasteiger partial charge >= 0.3 is 11.9 Å². The van der Waals surface area contributed by atoms with E-state index in [1.807, 2.05) is 20.8 Å². The molecule has 1 atom stereocenters. The Hall–Kier alpha value is -1.63. The first kappa shape index (κ1) is 16.4. The van der Waals surface area contributed by atoms with Crippen molar-refractivity contribution in [1.29, 1.82) is 0 Å². The fraction of sp³-hybridized carbons (Fsp3) is 0.727. The van der Waals surface area contributed by atoms with Gasteiger partial charge in [0.15, 0.2) is 0 Å². The van der Waals surface area contributed by atoms with Crippen molar-refractivity contribution in [3.63, 3.8) is 0 Å². The van der Waals surface area contributed by atoms with Gasteiger partial charge in [0.25, 0.3) is 0 Å². The van der Waals surface area contributed by atoms with Crippen molar-refractivity contribution in [3.05, 3.63) is 0 Å². The molecule has 4 N–H and O–H groups in total. The van der Waals surface area contributed by atoms with Crippen LogP contribution in [-0.4, -0.2) is 46.2 Å². The number of rotatable bonds is 7. The van der Waals surface area contributed by atoms with Gasteiger partial charge in [-0.05, 0) is 27.2 Å². The van der Waals surface area contributed by atoms with Gasteiger partial charge in [-0.2, -0.15) is 0 Å². The third-order valence-electron chi connectivity index (χ3n) is 2.06. The quantitative estimate of drug-likeness (QED) is 0.504. The molecule has 18 heavy (non-hydrogen) atoms. The van der Waals surface area contributed by atoms with E-state index in [-0.39, 0.29) is 24.9 Å². The molecule has 0 aliphatic rings. The Labute approximate surface area is 106 Å². The van der Waals surface area contributed by atoms with Crippen LogP contribution in [0.15, 0.2) is 0 Å². The first-order valence-corrected chi connectivity index (χ1v) is 5.61. The molecule has 0 unspecified atom stereocenters. The predicted octanol–water partition coefficient (Wildman–Crippen LogP) is -0.191. The lowest BCUT2D eigenvalue weighted by Crippen LogP contribution is -2.48. The maximum Gasteiger partial charge on any atom is 0.326 e. The Morgan fingerprint density at radius 3 is 2.11 bits per heavy atom. The van der Waals surface area contributed by atoms with Crippen molar-refractivity contribution in [1.82, 2.24) is 10.6 Å². The second-order valence-corrected chi connectivity index (χ2v) is 4.99. The Morgan fingerprint density at radius 2 is 1.72 bits per heavy atom. The monoisotopic (exact) mass is 260 g/mol. The Kier molecular flexibility index (Phi) is 6.32. The number of hydrogen-bond donors (Lipinski definition) is 4. The lowest BCUT2D eigenvalue weighted by molar-refractivity contribution is -0.143. The number of carboxylic acid groups (broad SMARTS) is 2. The highest BCUT2D eigenvalue weighted by atomic mass is 16.4. The fourth-order valence-corrected chi connectivity index (χ4v) is 1.12. The third kappa shape index (κ3) is 8.51. The molecule has 0 saturated carbocycles. The topological polar surface area (TPSA) is 116 Å². The average molecular weight is 260 g/mol. The highest BCUT2D eigenvalue weighted by molar-refractivity contribution is 5.85. The summed E-state index contributed by atoms with van der Waals surface area (Å²) in [6.45, 7) is 5.61. The van der Waals surface area contributed by atoms with Gasteiger partial charge in [-0.15, -0.1) is 0 Å². The zero-order valence-electron chi connectivity index (χ0n) is 10.8. The Bertz CT molecular complexity index is 322. The van der Waals surface area contributed by atoms with Crippen LogP contribution in [0.5, 0.6) is 0 Å². The van der Waals surface area contributed by atoms with Gasteiger partial charge in [-0.3, -0.25) is 9.59 Å². The van der Waals surface area contributed by atoms with E-state index in [0.717, 1.165) is 0 Å². The van der Waals surface area contributed by atoms with Crippen molar-refractivity contribution >= 4 is 17.8 Å². The molecule has 0 rings (SSSR count). The number of carboxylic acids is 2. The zero-order valence-corrected chi connectivity index (χ0v) is 10.8. The molecule has 104 valence electrons. The summed E-state index contributed by atoms with van der Waals surface area (Å²) in [5.74, 6) is -2.80. The molecule has 0 fully saturated rings. The molecule has 0 radical (unpaired) electrons. The molecule has 7 nitrogen and oxygen atoms in total. The van der Waals surface area contributed by atoms with E-state index in [1.165, 1.54) is 0 Å². The largest absolute Gasteiger partial charge is 0.481 e. The van der Waals surface area contributed by atoms with E-state index in [4.69, 9.17) is 10.2 Å². The van der Waals surface area contributed by atoms with Gasteiger partial charge in [-0.1, -0.05) is 0 Å². The molecule has 0 aromatic heterocycles. The van der Waals surface area contributed by atoms with Gasteiger partial charge in [0, 0.05) is 12.0 Å². The molecule has 7 heteroatoms. The van der Waals surface area contributed by atoms with E-state index in [0.29, 0.717) is 0 Å². The molecule has 1 amide bonds. The van der Waals surface area contributed by atoms with Crippen molar-refractivity contribution in [2.45, 2.75) is 45.2 Å². The number of aliphatic carboxylic acids is 2. The third-order valence-corrected chi connectivity index (χ3v) is 2.06. The summed E-state index contributed by atoms with van der Waals surface area (Å²) >= 11 is 0. The van der Waals surface area contributed by atoms with E-state index < -0.39 is 23.9 Å². The average Bonchev–Trinajstić information content (AvgIpc) is 2.19. The Balaban J connectivity index is 4.20. The minimum atomic E-state index is -1.24. The van der Waals surface area contributed by atoms with Gasteiger partial charge in [-0.25, -0.2) is 4.79 Å². The van der Waals surface area contributed by atoms with E-state index >= 15 is 0 Å². The van der Waals surface area contributed by atoms with E-state index in [1.54, 1.807) is 0 Å². The van der Waals surface area contributed by atoms with Crippen LogP contribution in [0.2, 0.25) is 0 Å². The van der Waals surface area contributed by atoms with Crippen LogP contribution in [0.1, 0.15) is 33.6 Å². The van der Waals surface area contributed by atoms with E-state index in [2.05, 4.69) is 10.6 Å². The maximum absolute atomic E-state index is 11.5. The van der Waals surface area contributed by atoms with Crippen LogP contribution >= 0.6 is 0 Å². The zero-order chi connectivity index (χ0) is 14.3. The molecule has 0 aromatic carbocycles. The standard InChI is InChI=1S/C11H20N2O5/c1-11(2,3)12-6-8(14)13-7(10(17)18)4-5-9(15)16/h7,12H,4-6H2,1-3H3,(H,13,14)(H,15,16)(H,17,18)/t7-/m0/s1. The summed E-state index contributed by atoms with van der Waals surface area (Å²) in [5, 5.41) is 22.5. The number of nitrogens with one attached hydrogen (secondary N) is 2.